The molecule has 3 aromatic carbocycles. The van der Waals surface area contributed by atoms with Crippen molar-refractivity contribution in [3.05, 3.63) is 102 Å². The number of esters is 1. The average Bonchev–Trinajstić information content (AvgIpc) is 3.21. The standard InChI is InChI=1S/C26H20ClIN2O6/c1-2-34-23-14-17(12-21(28)24(23)35-11-10-16-6-4-3-5-7-16)13-22-26(31)36-25(29-22)19-15-18(30(32)33)8-9-20(19)27/h3-9,12-15H,2,10-11H2,1H3/b22-13-. The van der Waals surface area contributed by atoms with Crippen LogP contribution in [0.25, 0.3) is 6.08 Å². The van der Waals surface area contributed by atoms with E-state index in [1.165, 1.54) is 23.8 Å². The van der Waals surface area contributed by atoms with Gasteiger partial charge in [0, 0.05) is 18.6 Å². The Hall–Kier alpha value is -3.44. The lowest BCUT2D eigenvalue weighted by Crippen LogP contribution is -2.07. The molecule has 3 aromatic rings. The van der Waals surface area contributed by atoms with E-state index < -0.39 is 10.9 Å². The topological polar surface area (TPSA) is 100 Å². The summed E-state index contributed by atoms with van der Waals surface area (Å²) < 4.78 is 17.9. The van der Waals surface area contributed by atoms with Gasteiger partial charge in [-0.3, -0.25) is 10.1 Å². The summed E-state index contributed by atoms with van der Waals surface area (Å²) >= 11 is 8.32. The van der Waals surface area contributed by atoms with Crippen LogP contribution < -0.4 is 9.47 Å². The maximum absolute atomic E-state index is 12.5. The van der Waals surface area contributed by atoms with E-state index in [0.29, 0.717) is 30.3 Å². The maximum Gasteiger partial charge on any atom is 0.363 e. The summed E-state index contributed by atoms with van der Waals surface area (Å²) in [6.07, 6.45) is 2.30. The number of non-ortho nitro benzene ring substituents is 1. The van der Waals surface area contributed by atoms with Crippen LogP contribution in [0.1, 0.15) is 23.6 Å². The molecule has 4 rings (SSSR count). The van der Waals surface area contributed by atoms with Crippen LogP contribution in [0.3, 0.4) is 0 Å². The van der Waals surface area contributed by atoms with E-state index in [0.717, 1.165) is 9.99 Å². The van der Waals surface area contributed by atoms with Gasteiger partial charge >= 0.3 is 5.97 Å². The number of halogens is 2. The molecule has 0 atom stereocenters. The van der Waals surface area contributed by atoms with Crippen LogP contribution in [0.4, 0.5) is 5.69 Å². The second-order valence-corrected chi connectivity index (χ2v) is 9.17. The highest BCUT2D eigenvalue weighted by atomic mass is 127. The van der Waals surface area contributed by atoms with Crippen molar-refractivity contribution in [1.82, 2.24) is 0 Å². The third-order valence-electron chi connectivity index (χ3n) is 5.13. The summed E-state index contributed by atoms with van der Waals surface area (Å²) in [6.45, 7) is 2.78. The lowest BCUT2D eigenvalue weighted by atomic mass is 10.1. The molecule has 0 aliphatic carbocycles. The number of carbonyl (C=O) groups is 1. The summed E-state index contributed by atoms with van der Waals surface area (Å²) in [5, 5.41) is 11.3. The summed E-state index contributed by atoms with van der Waals surface area (Å²) in [7, 11) is 0. The number of nitro benzene ring substituents is 1. The highest BCUT2D eigenvalue weighted by molar-refractivity contribution is 14.1. The summed E-state index contributed by atoms with van der Waals surface area (Å²) in [5.74, 6) is 0.378. The van der Waals surface area contributed by atoms with Gasteiger partial charge in [-0.05, 0) is 64.9 Å². The molecule has 184 valence electrons. The molecule has 0 radical (unpaired) electrons. The molecule has 0 aromatic heterocycles. The third kappa shape index (κ3) is 6.03. The van der Waals surface area contributed by atoms with Crippen LogP contribution in [0.15, 0.2) is 71.4 Å². The van der Waals surface area contributed by atoms with Gasteiger partial charge in [-0.2, -0.15) is 0 Å². The molecule has 0 amide bonds. The van der Waals surface area contributed by atoms with Crippen LogP contribution >= 0.6 is 34.2 Å². The predicted molar refractivity (Wildman–Crippen MR) is 145 cm³/mol. The Labute approximate surface area is 225 Å². The van der Waals surface area contributed by atoms with Crippen LogP contribution in [-0.4, -0.2) is 30.0 Å². The lowest BCUT2D eigenvalue weighted by Gasteiger charge is -2.15. The SMILES string of the molecule is CCOc1cc(/C=C2\N=C(c3cc([N+](=O)[O-])ccc3Cl)OC2=O)cc(I)c1OCCc1ccccc1. The zero-order valence-electron chi connectivity index (χ0n) is 19.1. The highest BCUT2D eigenvalue weighted by Gasteiger charge is 2.27. The fourth-order valence-corrected chi connectivity index (χ4v) is 4.44. The van der Waals surface area contributed by atoms with E-state index >= 15 is 0 Å². The Morgan fingerprint density at radius 1 is 1.14 bits per heavy atom. The average molecular weight is 619 g/mol. The first-order valence-corrected chi connectivity index (χ1v) is 12.4. The number of carbonyl (C=O) groups excluding carboxylic acids is 1. The monoisotopic (exact) mass is 618 g/mol. The first-order valence-electron chi connectivity index (χ1n) is 11.0. The number of aliphatic imine (C=N–C) groups is 1. The number of benzene rings is 3. The molecule has 1 aliphatic rings. The molecule has 10 heteroatoms. The molecule has 0 N–H and O–H groups in total. The maximum atomic E-state index is 12.5. The van der Waals surface area contributed by atoms with Crippen LogP contribution in [0, 0.1) is 13.7 Å². The summed E-state index contributed by atoms with van der Waals surface area (Å²) in [5.41, 5.74) is 1.83. The van der Waals surface area contributed by atoms with Crippen LogP contribution in [0.5, 0.6) is 11.5 Å². The number of nitro groups is 1. The number of rotatable bonds is 9. The van der Waals surface area contributed by atoms with Gasteiger partial charge in [-0.15, -0.1) is 0 Å². The number of hydrogen-bond acceptors (Lipinski definition) is 7. The van der Waals surface area contributed by atoms with Crippen molar-refractivity contribution in [3.63, 3.8) is 0 Å². The quantitative estimate of drug-likeness (QED) is 0.0929. The lowest BCUT2D eigenvalue weighted by molar-refractivity contribution is -0.384. The molecule has 0 bridgehead atoms. The van der Waals surface area contributed by atoms with Crippen molar-refractivity contribution in [2.24, 2.45) is 4.99 Å². The molecular formula is C26H20ClIN2O6. The highest BCUT2D eigenvalue weighted by Crippen LogP contribution is 2.36. The Morgan fingerprint density at radius 3 is 2.64 bits per heavy atom. The second-order valence-electron chi connectivity index (χ2n) is 7.60. The van der Waals surface area contributed by atoms with Gasteiger partial charge in [0.1, 0.15) is 0 Å². The number of cyclic esters (lactones) is 1. The number of nitrogens with zero attached hydrogens (tertiary/aromatic N) is 2. The molecule has 0 spiro atoms. The number of ether oxygens (including phenoxy) is 3. The molecule has 0 unspecified atom stereocenters. The fraction of sp³-hybridized carbons (Fsp3) is 0.154. The Balaban J connectivity index is 1.59. The molecule has 1 heterocycles. The fourth-order valence-electron chi connectivity index (χ4n) is 3.46. The molecule has 0 fully saturated rings. The number of hydrogen-bond donors (Lipinski definition) is 0. The Morgan fingerprint density at radius 2 is 1.92 bits per heavy atom. The van der Waals surface area contributed by atoms with Gasteiger partial charge < -0.3 is 14.2 Å². The van der Waals surface area contributed by atoms with Crippen molar-refractivity contribution in [2.75, 3.05) is 13.2 Å². The molecule has 0 saturated carbocycles. The minimum atomic E-state index is -0.691. The second kappa shape index (κ2) is 11.5. The first-order chi connectivity index (χ1) is 17.4. The Kier molecular flexibility index (Phi) is 8.21. The molecule has 36 heavy (non-hydrogen) atoms. The van der Waals surface area contributed by atoms with Gasteiger partial charge in [0.2, 0.25) is 5.90 Å². The van der Waals surface area contributed by atoms with Crippen molar-refractivity contribution >= 4 is 57.8 Å². The molecular weight excluding hydrogens is 599 g/mol. The van der Waals surface area contributed by atoms with Gasteiger partial charge in [-0.25, -0.2) is 9.79 Å². The van der Waals surface area contributed by atoms with Crippen molar-refractivity contribution < 1.29 is 23.9 Å². The van der Waals surface area contributed by atoms with Crippen LogP contribution in [-0.2, 0) is 16.0 Å². The van der Waals surface area contributed by atoms with Crippen LogP contribution in [0.2, 0.25) is 5.02 Å². The van der Waals surface area contributed by atoms with Gasteiger partial charge in [0.05, 0.1) is 32.3 Å². The van der Waals surface area contributed by atoms with Gasteiger partial charge in [0.15, 0.2) is 17.2 Å². The third-order valence-corrected chi connectivity index (χ3v) is 6.26. The molecule has 1 aliphatic heterocycles. The normalized spacial score (nSPS) is 13.9. The zero-order valence-corrected chi connectivity index (χ0v) is 22.0. The van der Waals surface area contributed by atoms with Crippen molar-refractivity contribution in [3.8, 4) is 11.5 Å². The van der Waals surface area contributed by atoms with Gasteiger partial charge in [0.25, 0.3) is 5.69 Å². The summed E-state index contributed by atoms with van der Waals surface area (Å²) in [4.78, 5) is 27.3. The molecule has 0 saturated heterocycles. The van der Waals surface area contributed by atoms with E-state index in [-0.39, 0.29) is 27.9 Å². The minimum absolute atomic E-state index is 0.0311. The van der Waals surface area contributed by atoms with E-state index in [4.69, 9.17) is 25.8 Å². The van der Waals surface area contributed by atoms with E-state index in [9.17, 15) is 14.9 Å². The van der Waals surface area contributed by atoms with E-state index in [1.807, 2.05) is 43.3 Å². The smallest absolute Gasteiger partial charge is 0.363 e. The predicted octanol–water partition coefficient (Wildman–Crippen LogP) is 6.22. The van der Waals surface area contributed by atoms with E-state index in [2.05, 4.69) is 27.6 Å². The largest absolute Gasteiger partial charge is 0.490 e. The Bertz CT molecular complexity index is 1370. The van der Waals surface area contributed by atoms with Gasteiger partial charge in [-0.1, -0.05) is 41.9 Å². The van der Waals surface area contributed by atoms with E-state index in [1.54, 1.807) is 12.1 Å². The minimum Gasteiger partial charge on any atom is -0.490 e. The van der Waals surface area contributed by atoms with Crippen molar-refractivity contribution in [1.29, 1.82) is 0 Å². The zero-order chi connectivity index (χ0) is 25.7. The summed E-state index contributed by atoms with van der Waals surface area (Å²) in [6, 6.07) is 17.5. The van der Waals surface area contributed by atoms with Crippen molar-refractivity contribution in [2.45, 2.75) is 13.3 Å². The first kappa shape index (κ1) is 25.6. The molecule has 8 nitrogen and oxygen atoms in total.